The molecule has 1 aromatic carbocycles. The summed E-state index contributed by atoms with van der Waals surface area (Å²) >= 11 is 5.95. The number of anilines is 1. The van der Waals surface area contributed by atoms with Crippen molar-refractivity contribution in [3.63, 3.8) is 0 Å². The number of rotatable bonds is 1. The third-order valence-electron chi connectivity index (χ3n) is 3.24. The van der Waals surface area contributed by atoms with E-state index in [9.17, 15) is 0 Å². The number of ether oxygens (including phenoxy) is 1. The molecule has 1 aromatic heterocycles. The molecule has 5 heteroatoms. The first-order valence-electron chi connectivity index (χ1n) is 6.44. The smallest absolute Gasteiger partial charge is 0.148 e. The number of fused-ring (bicyclic) bond motifs is 1. The van der Waals surface area contributed by atoms with E-state index in [0.717, 1.165) is 29.9 Å². The zero-order valence-electron chi connectivity index (χ0n) is 11.0. The van der Waals surface area contributed by atoms with Crippen molar-refractivity contribution in [1.29, 1.82) is 0 Å². The van der Waals surface area contributed by atoms with Crippen molar-refractivity contribution in [3.8, 4) is 0 Å². The molecule has 2 heterocycles. The second kappa shape index (κ2) is 4.94. The molecule has 0 aliphatic carbocycles. The normalized spacial score (nSPS) is 23.8. The molecule has 0 radical (unpaired) electrons. The van der Waals surface area contributed by atoms with Gasteiger partial charge in [-0.2, -0.15) is 0 Å². The van der Waals surface area contributed by atoms with Crippen LogP contribution in [0.3, 0.4) is 0 Å². The summed E-state index contributed by atoms with van der Waals surface area (Å²) in [7, 11) is 0. The minimum absolute atomic E-state index is 0.214. The maximum Gasteiger partial charge on any atom is 0.148 e. The van der Waals surface area contributed by atoms with E-state index in [1.54, 1.807) is 0 Å². The van der Waals surface area contributed by atoms with Crippen molar-refractivity contribution in [2.45, 2.75) is 26.1 Å². The average Bonchev–Trinajstić information content (AvgIpc) is 2.37. The van der Waals surface area contributed by atoms with E-state index in [2.05, 4.69) is 28.7 Å². The number of halogens is 1. The Kier molecular flexibility index (Phi) is 3.29. The van der Waals surface area contributed by atoms with Crippen LogP contribution in [0.1, 0.15) is 13.8 Å². The first-order valence-corrected chi connectivity index (χ1v) is 6.82. The number of aromatic nitrogens is 2. The predicted octanol–water partition coefficient (Wildman–Crippen LogP) is 2.90. The van der Waals surface area contributed by atoms with E-state index in [-0.39, 0.29) is 12.2 Å². The molecule has 2 atom stereocenters. The van der Waals surface area contributed by atoms with Crippen LogP contribution in [0.15, 0.2) is 24.4 Å². The van der Waals surface area contributed by atoms with Crippen molar-refractivity contribution in [1.82, 2.24) is 9.97 Å². The average molecular weight is 278 g/mol. The zero-order chi connectivity index (χ0) is 13.4. The molecule has 0 spiro atoms. The molecule has 1 aliphatic rings. The SMILES string of the molecule is CC1CN(c2cnc3cc(Cl)ccc3n2)CC(C)O1. The molecule has 2 aromatic rings. The Bertz CT molecular complexity index is 594. The number of nitrogens with zero attached hydrogens (tertiary/aromatic N) is 3. The molecule has 0 saturated carbocycles. The van der Waals surface area contributed by atoms with Crippen LogP contribution in [-0.2, 0) is 4.74 Å². The number of benzene rings is 1. The highest BCUT2D eigenvalue weighted by Crippen LogP contribution is 2.21. The molecular formula is C14H16ClN3O. The molecule has 0 bridgehead atoms. The highest BCUT2D eigenvalue weighted by Gasteiger charge is 2.23. The standard InChI is InChI=1S/C14H16ClN3O/c1-9-7-18(8-10(2)19-9)14-6-16-13-5-11(15)3-4-12(13)17-14/h3-6,9-10H,7-8H2,1-2H3. The molecule has 0 amide bonds. The number of morpholine rings is 1. The van der Waals surface area contributed by atoms with Gasteiger partial charge < -0.3 is 9.64 Å². The van der Waals surface area contributed by atoms with E-state index in [1.807, 2.05) is 24.4 Å². The zero-order valence-corrected chi connectivity index (χ0v) is 11.8. The molecule has 4 nitrogen and oxygen atoms in total. The van der Waals surface area contributed by atoms with Gasteiger partial charge in [-0.1, -0.05) is 11.6 Å². The van der Waals surface area contributed by atoms with Crippen LogP contribution in [0.4, 0.5) is 5.82 Å². The van der Waals surface area contributed by atoms with Gasteiger partial charge in [-0.3, -0.25) is 4.98 Å². The largest absolute Gasteiger partial charge is 0.372 e. The Morgan fingerprint density at radius 3 is 2.68 bits per heavy atom. The lowest BCUT2D eigenvalue weighted by Crippen LogP contribution is -2.45. The summed E-state index contributed by atoms with van der Waals surface area (Å²) < 4.78 is 5.73. The summed E-state index contributed by atoms with van der Waals surface area (Å²) in [6, 6.07) is 5.58. The molecule has 19 heavy (non-hydrogen) atoms. The van der Waals surface area contributed by atoms with Crippen LogP contribution in [0, 0.1) is 0 Å². The minimum Gasteiger partial charge on any atom is -0.372 e. The third kappa shape index (κ3) is 2.65. The van der Waals surface area contributed by atoms with Crippen molar-refractivity contribution in [2.24, 2.45) is 0 Å². The third-order valence-corrected chi connectivity index (χ3v) is 3.47. The van der Waals surface area contributed by atoms with Gasteiger partial charge in [0.05, 0.1) is 29.4 Å². The lowest BCUT2D eigenvalue weighted by molar-refractivity contribution is -0.00545. The van der Waals surface area contributed by atoms with Gasteiger partial charge in [0.25, 0.3) is 0 Å². The lowest BCUT2D eigenvalue weighted by atomic mass is 10.2. The van der Waals surface area contributed by atoms with Gasteiger partial charge in [0.1, 0.15) is 5.82 Å². The Hall–Kier alpha value is -1.39. The van der Waals surface area contributed by atoms with Crippen LogP contribution in [0.2, 0.25) is 5.02 Å². The second-order valence-corrected chi connectivity index (χ2v) is 5.46. The fourth-order valence-corrected chi connectivity index (χ4v) is 2.66. The van der Waals surface area contributed by atoms with Crippen LogP contribution >= 0.6 is 11.6 Å². The molecule has 2 unspecified atom stereocenters. The van der Waals surface area contributed by atoms with Crippen LogP contribution in [0.25, 0.3) is 11.0 Å². The van der Waals surface area contributed by atoms with E-state index in [4.69, 9.17) is 16.3 Å². The summed E-state index contributed by atoms with van der Waals surface area (Å²) in [4.78, 5) is 11.3. The molecular weight excluding hydrogens is 262 g/mol. The highest BCUT2D eigenvalue weighted by atomic mass is 35.5. The summed E-state index contributed by atoms with van der Waals surface area (Å²) in [5.41, 5.74) is 1.69. The summed E-state index contributed by atoms with van der Waals surface area (Å²) in [5.74, 6) is 0.900. The van der Waals surface area contributed by atoms with Gasteiger partial charge in [0.2, 0.25) is 0 Å². The Morgan fingerprint density at radius 1 is 1.21 bits per heavy atom. The van der Waals surface area contributed by atoms with E-state index in [0.29, 0.717) is 5.02 Å². The number of hydrogen-bond donors (Lipinski definition) is 0. The summed E-state index contributed by atoms with van der Waals surface area (Å²) in [6.07, 6.45) is 2.24. The van der Waals surface area contributed by atoms with E-state index < -0.39 is 0 Å². The first-order chi connectivity index (χ1) is 9.11. The monoisotopic (exact) mass is 277 g/mol. The molecule has 1 saturated heterocycles. The van der Waals surface area contributed by atoms with Gasteiger partial charge in [-0.15, -0.1) is 0 Å². The second-order valence-electron chi connectivity index (χ2n) is 5.02. The molecule has 1 fully saturated rings. The number of hydrogen-bond acceptors (Lipinski definition) is 4. The fraction of sp³-hybridized carbons (Fsp3) is 0.429. The predicted molar refractivity (Wildman–Crippen MR) is 76.8 cm³/mol. The topological polar surface area (TPSA) is 38.2 Å². The van der Waals surface area contributed by atoms with Crippen LogP contribution in [0.5, 0.6) is 0 Å². The Morgan fingerprint density at radius 2 is 1.95 bits per heavy atom. The van der Waals surface area contributed by atoms with Gasteiger partial charge in [0.15, 0.2) is 0 Å². The van der Waals surface area contributed by atoms with Gasteiger partial charge in [0, 0.05) is 18.1 Å². The van der Waals surface area contributed by atoms with Gasteiger partial charge >= 0.3 is 0 Å². The maximum atomic E-state index is 5.95. The van der Waals surface area contributed by atoms with Crippen LogP contribution < -0.4 is 4.90 Å². The Balaban J connectivity index is 1.94. The van der Waals surface area contributed by atoms with Crippen molar-refractivity contribution >= 4 is 28.5 Å². The minimum atomic E-state index is 0.214. The quantitative estimate of drug-likeness (QED) is 0.803. The molecule has 3 rings (SSSR count). The van der Waals surface area contributed by atoms with E-state index in [1.165, 1.54) is 0 Å². The Labute approximate surface area is 117 Å². The first kappa shape index (κ1) is 12.6. The van der Waals surface area contributed by atoms with Gasteiger partial charge in [-0.05, 0) is 32.0 Å². The van der Waals surface area contributed by atoms with Crippen LogP contribution in [-0.4, -0.2) is 35.3 Å². The van der Waals surface area contributed by atoms with E-state index >= 15 is 0 Å². The highest BCUT2D eigenvalue weighted by molar-refractivity contribution is 6.31. The van der Waals surface area contributed by atoms with Crippen molar-refractivity contribution in [2.75, 3.05) is 18.0 Å². The molecule has 1 aliphatic heterocycles. The summed E-state index contributed by atoms with van der Waals surface area (Å²) in [5, 5.41) is 0.683. The molecule has 100 valence electrons. The van der Waals surface area contributed by atoms with Gasteiger partial charge in [-0.25, -0.2) is 4.98 Å². The molecule has 0 N–H and O–H groups in total. The lowest BCUT2D eigenvalue weighted by Gasteiger charge is -2.35. The van der Waals surface area contributed by atoms with Crippen molar-refractivity contribution < 1.29 is 4.74 Å². The fourth-order valence-electron chi connectivity index (χ4n) is 2.49. The van der Waals surface area contributed by atoms with Crippen molar-refractivity contribution in [3.05, 3.63) is 29.4 Å². The maximum absolute atomic E-state index is 5.95. The summed E-state index contributed by atoms with van der Waals surface area (Å²) in [6.45, 7) is 5.85.